The first-order chi connectivity index (χ1) is 15.4. The standard InChI is InChI=1S/C24H26FN5O2/c1-15(2)21(14-31)28-24(32)19-13-30(22-5-4-8-26-23(19)22)12-17-7-6-16(9-20(17)25)18-10-27-29(3)11-18/h4-11,13,15,21,31H,12,14H2,1-3H3,(H,28,32)/t21-/m0/s1. The maximum absolute atomic E-state index is 14.9. The number of nitrogens with one attached hydrogen (secondary N) is 1. The van der Waals surface area contributed by atoms with E-state index >= 15 is 0 Å². The van der Waals surface area contributed by atoms with Crippen molar-refractivity contribution in [3.05, 3.63) is 72.1 Å². The van der Waals surface area contributed by atoms with Gasteiger partial charge in [-0.2, -0.15) is 5.10 Å². The van der Waals surface area contributed by atoms with Crippen LogP contribution in [0.3, 0.4) is 0 Å². The number of pyridine rings is 1. The van der Waals surface area contributed by atoms with E-state index < -0.39 is 0 Å². The van der Waals surface area contributed by atoms with Crippen LogP contribution in [0.5, 0.6) is 0 Å². The van der Waals surface area contributed by atoms with Crippen molar-refractivity contribution in [2.45, 2.75) is 26.4 Å². The van der Waals surface area contributed by atoms with E-state index in [4.69, 9.17) is 0 Å². The molecule has 0 fully saturated rings. The number of aliphatic hydroxyl groups is 1. The van der Waals surface area contributed by atoms with Crippen molar-refractivity contribution in [2.75, 3.05) is 6.61 Å². The number of amides is 1. The van der Waals surface area contributed by atoms with Crippen molar-refractivity contribution in [3.8, 4) is 11.1 Å². The van der Waals surface area contributed by atoms with E-state index in [9.17, 15) is 14.3 Å². The molecule has 0 bridgehead atoms. The average Bonchev–Trinajstić information content (AvgIpc) is 3.37. The zero-order valence-electron chi connectivity index (χ0n) is 18.3. The maximum atomic E-state index is 14.9. The number of aliphatic hydroxyl groups excluding tert-OH is 1. The monoisotopic (exact) mass is 435 g/mol. The molecule has 7 nitrogen and oxygen atoms in total. The molecule has 0 aliphatic rings. The normalized spacial score (nSPS) is 12.4. The number of aryl methyl sites for hydroxylation is 1. The SMILES string of the molecule is CC(C)[C@H](CO)NC(=O)c1cn(Cc2ccc(-c3cnn(C)c3)cc2F)c2cccnc12. The highest BCUT2D eigenvalue weighted by Gasteiger charge is 2.21. The summed E-state index contributed by atoms with van der Waals surface area (Å²) >= 11 is 0. The molecular weight excluding hydrogens is 409 g/mol. The van der Waals surface area contributed by atoms with Crippen molar-refractivity contribution < 1.29 is 14.3 Å². The molecular formula is C24H26FN5O2. The first kappa shape index (κ1) is 21.7. The minimum Gasteiger partial charge on any atom is -0.394 e. The summed E-state index contributed by atoms with van der Waals surface area (Å²) in [5.41, 5.74) is 3.77. The van der Waals surface area contributed by atoms with Crippen LogP contribution < -0.4 is 5.32 Å². The Labute approximate surface area is 185 Å². The molecule has 0 saturated heterocycles. The third kappa shape index (κ3) is 4.27. The Bertz CT molecular complexity index is 1260. The van der Waals surface area contributed by atoms with Crippen LogP contribution in [-0.2, 0) is 13.6 Å². The molecule has 0 aliphatic heterocycles. The van der Waals surface area contributed by atoms with Crippen LogP contribution in [0.25, 0.3) is 22.2 Å². The lowest BCUT2D eigenvalue weighted by atomic mass is 10.1. The number of carbonyl (C=O) groups excluding carboxylic acids is 1. The molecule has 1 amide bonds. The van der Waals surface area contributed by atoms with Gasteiger partial charge in [0.2, 0.25) is 0 Å². The molecule has 4 rings (SSSR count). The molecule has 4 aromatic rings. The summed E-state index contributed by atoms with van der Waals surface area (Å²) in [5.74, 6) is -0.562. The number of benzene rings is 1. The molecule has 8 heteroatoms. The van der Waals surface area contributed by atoms with Crippen molar-refractivity contribution in [3.63, 3.8) is 0 Å². The smallest absolute Gasteiger partial charge is 0.255 e. The van der Waals surface area contributed by atoms with Gasteiger partial charge in [-0.1, -0.05) is 26.0 Å². The van der Waals surface area contributed by atoms with E-state index in [0.717, 1.165) is 16.6 Å². The Kier molecular flexibility index (Phi) is 6.05. The largest absolute Gasteiger partial charge is 0.394 e. The Morgan fingerprint density at radius 3 is 2.69 bits per heavy atom. The topological polar surface area (TPSA) is 85.0 Å². The summed E-state index contributed by atoms with van der Waals surface area (Å²) in [5, 5.41) is 16.6. The molecule has 1 atom stereocenters. The van der Waals surface area contributed by atoms with E-state index in [-0.39, 0.29) is 36.8 Å². The van der Waals surface area contributed by atoms with Gasteiger partial charge in [-0.3, -0.25) is 14.5 Å². The highest BCUT2D eigenvalue weighted by atomic mass is 19.1. The van der Waals surface area contributed by atoms with E-state index in [1.165, 1.54) is 6.07 Å². The molecule has 3 heterocycles. The number of aromatic nitrogens is 4. The number of hydrogen-bond donors (Lipinski definition) is 2. The van der Waals surface area contributed by atoms with E-state index in [1.54, 1.807) is 35.4 Å². The fourth-order valence-corrected chi connectivity index (χ4v) is 3.70. The fourth-order valence-electron chi connectivity index (χ4n) is 3.70. The number of fused-ring (bicyclic) bond motifs is 1. The highest BCUT2D eigenvalue weighted by Crippen LogP contribution is 2.25. The predicted octanol–water partition coefficient (Wildman–Crippen LogP) is 3.37. The van der Waals surface area contributed by atoms with Gasteiger partial charge >= 0.3 is 0 Å². The van der Waals surface area contributed by atoms with Gasteiger partial charge in [0, 0.05) is 36.8 Å². The van der Waals surface area contributed by atoms with Crippen LogP contribution in [0, 0.1) is 11.7 Å². The quantitative estimate of drug-likeness (QED) is 0.466. The first-order valence-corrected chi connectivity index (χ1v) is 10.5. The molecule has 0 aliphatic carbocycles. The minimum atomic E-state index is -0.359. The zero-order chi connectivity index (χ0) is 22.8. The zero-order valence-corrected chi connectivity index (χ0v) is 18.3. The van der Waals surface area contributed by atoms with Crippen molar-refractivity contribution in [1.82, 2.24) is 24.6 Å². The second-order valence-electron chi connectivity index (χ2n) is 8.26. The average molecular weight is 436 g/mol. The van der Waals surface area contributed by atoms with Crippen LogP contribution in [0.15, 0.2) is 55.1 Å². The van der Waals surface area contributed by atoms with Crippen LogP contribution in [0.2, 0.25) is 0 Å². The van der Waals surface area contributed by atoms with Gasteiger partial charge in [-0.25, -0.2) is 4.39 Å². The molecule has 1 aromatic carbocycles. The third-order valence-electron chi connectivity index (χ3n) is 5.63. The summed E-state index contributed by atoms with van der Waals surface area (Å²) in [6.07, 6.45) is 6.84. The fraction of sp³-hybridized carbons (Fsp3) is 0.292. The predicted molar refractivity (Wildman–Crippen MR) is 121 cm³/mol. The van der Waals surface area contributed by atoms with Gasteiger partial charge < -0.3 is 15.0 Å². The van der Waals surface area contributed by atoms with Crippen LogP contribution in [0.4, 0.5) is 4.39 Å². The van der Waals surface area contributed by atoms with Gasteiger partial charge in [0.25, 0.3) is 5.91 Å². The van der Waals surface area contributed by atoms with Crippen LogP contribution in [-0.4, -0.2) is 43.0 Å². The molecule has 3 aromatic heterocycles. The highest BCUT2D eigenvalue weighted by molar-refractivity contribution is 6.05. The van der Waals surface area contributed by atoms with Crippen LogP contribution >= 0.6 is 0 Å². The number of carbonyl (C=O) groups is 1. The third-order valence-corrected chi connectivity index (χ3v) is 5.63. The number of hydrogen-bond acceptors (Lipinski definition) is 4. The molecule has 0 unspecified atom stereocenters. The molecule has 32 heavy (non-hydrogen) atoms. The number of halogens is 1. The maximum Gasteiger partial charge on any atom is 0.255 e. The first-order valence-electron chi connectivity index (χ1n) is 10.5. The van der Waals surface area contributed by atoms with Crippen molar-refractivity contribution in [1.29, 1.82) is 0 Å². The summed E-state index contributed by atoms with van der Waals surface area (Å²) in [6, 6.07) is 8.39. The Balaban J connectivity index is 1.65. The second-order valence-corrected chi connectivity index (χ2v) is 8.26. The lowest BCUT2D eigenvalue weighted by Gasteiger charge is -2.19. The molecule has 0 saturated carbocycles. The summed E-state index contributed by atoms with van der Waals surface area (Å²) in [4.78, 5) is 17.3. The van der Waals surface area contributed by atoms with Crippen molar-refractivity contribution >= 4 is 16.9 Å². The lowest BCUT2D eigenvalue weighted by Crippen LogP contribution is -2.41. The van der Waals surface area contributed by atoms with Gasteiger partial charge in [0.1, 0.15) is 11.3 Å². The molecule has 2 N–H and O–H groups in total. The van der Waals surface area contributed by atoms with E-state index in [1.807, 2.05) is 43.8 Å². The summed E-state index contributed by atoms with van der Waals surface area (Å²) in [7, 11) is 1.82. The molecule has 0 radical (unpaired) electrons. The van der Waals surface area contributed by atoms with Crippen molar-refractivity contribution in [2.24, 2.45) is 13.0 Å². The Hall–Kier alpha value is -3.52. The summed E-state index contributed by atoms with van der Waals surface area (Å²) in [6.45, 7) is 3.97. The van der Waals surface area contributed by atoms with E-state index in [0.29, 0.717) is 16.6 Å². The van der Waals surface area contributed by atoms with Gasteiger partial charge in [-0.05, 0) is 29.7 Å². The lowest BCUT2D eigenvalue weighted by molar-refractivity contribution is 0.0898. The number of rotatable bonds is 7. The van der Waals surface area contributed by atoms with Gasteiger partial charge in [0.15, 0.2) is 0 Å². The minimum absolute atomic E-state index is 0.0812. The van der Waals surface area contributed by atoms with Crippen LogP contribution in [0.1, 0.15) is 29.8 Å². The Morgan fingerprint density at radius 2 is 2.03 bits per heavy atom. The molecule has 166 valence electrons. The number of nitrogens with zero attached hydrogens (tertiary/aromatic N) is 4. The van der Waals surface area contributed by atoms with Gasteiger partial charge in [0.05, 0.1) is 36.5 Å². The molecule has 0 spiro atoms. The summed E-state index contributed by atoms with van der Waals surface area (Å²) < 4.78 is 18.4. The van der Waals surface area contributed by atoms with E-state index in [2.05, 4.69) is 15.4 Å². The van der Waals surface area contributed by atoms with Gasteiger partial charge in [-0.15, -0.1) is 0 Å². The second kappa shape index (κ2) is 8.92. The Morgan fingerprint density at radius 1 is 1.22 bits per heavy atom.